The maximum absolute atomic E-state index is 14.0. The van der Waals surface area contributed by atoms with Gasteiger partial charge in [0.25, 0.3) is 0 Å². The molecule has 0 spiro atoms. The second-order valence-electron chi connectivity index (χ2n) is 17.0. The number of nitrogens with one attached hydrogen (secondary N) is 6. The lowest BCUT2D eigenvalue weighted by Gasteiger charge is -2.30. The van der Waals surface area contributed by atoms with Crippen molar-refractivity contribution in [1.82, 2.24) is 36.5 Å². The fourth-order valence-corrected chi connectivity index (χ4v) is 7.68. The van der Waals surface area contributed by atoms with Gasteiger partial charge < -0.3 is 81.1 Å². The van der Waals surface area contributed by atoms with Gasteiger partial charge in [0, 0.05) is 36.7 Å². The van der Waals surface area contributed by atoms with Gasteiger partial charge in [-0.15, -0.1) is 0 Å². The SMILES string of the molecule is CC(C)C[C@H](NC(=O)[C@@H](N)Cc1c[nH]c2ccccc12)C(=O)N[C@@H](CO)C(=O)N1CCC[C@H]1C(=O)N[C@@H](CCCN=C(N)N)C(=O)N[C@@H](CCCCN)C(=O)N[C@@H](CCCN=C(N)N)C(=O)O. The highest BCUT2D eigenvalue weighted by molar-refractivity contribution is 5.97. The molecule has 1 aliphatic rings. The van der Waals surface area contributed by atoms with Crippen LogP contribution in [0.2, 0.25) is 0 Å². The molecule has 0 bridgehead atoms. The lowest BCUT2D eigenvalue weighted by Crippen LogP contribution is -2.60. The summed E-state index contributed by atoms with van der Waals surface area (Å²) in [6, 6.07) is -1.04. The fourth-order valence-electron chi connectivity index (χ4n) is 7.68. The van der Waals surface area contributed by atoms with Crippen molar-refractivity contribution in [3.8, 4) is 0 Å². The third kappa shape index (κ3) is 18.0. The molecule has 7 atom stereocenters. The zero-order valence-electron chi connectivity index (χ0n) is 38.4. The molecular weight excluding hydrogens is 871 g/mol. The number of fused-ring (bicyclic) bond motifs is 1. The van der Waals surface area contributed by atoms with E-state index in [1.165, 1.54) is 4.90 Å². The van der Waals surface area contributed by atoms with Crippen molar-refractivity contribution in [2.24, 2.45) is 50.3 Å². The smallest absolute Gasteiger partial charge is 0.326 e. The Hall–Kier alpha value is -6.53. The Morgan fingerprint density at radius 1 is 0.761 bits per heavy atom. The maximum Gasteiger partial charge on any atom is 0.326 e. The Morgan fingerprint density at radius 2 is 1.31 bits per heavy atom. The van der Waals surface area contributed by atoms with Gasteiger partial charge in [0.15, 0.2) is 11.9 Å². The Morgan fingerprint density at radius 3 is 1.91 bits per heavy atom. The molecule has 0 aliphatic carbocycles. The topological polar surface area (TPSA) is 420 Å². The van der Waals surface area contributed by atoms with Gasteiger partial charge in [-0.05, 0) is 94.7 Å². The average Bonchev–Trinajstić information content (AvgIpc) is 3.94. The summed E-state index contributed by atoms with van der Waals surface area (Å²) >= 11 is 0. The molecule has 20 N–H and O–H groups in total. The van der Waals surface area contributed by atoms with Crippen molar-refractivity contribution in [1.29, 1.82) is 0 Å². The zero-order valence-corrected chi connectivity index (χ0v) is 38.4. The summed E-state index contributed by atoms with van der Waals surface area (Å²) in [5.74, 6) is -6.12. The number of nitrogens with two attached hydrogens (primary N) is 6. The number of likely N-dealkylation sites (tertiary alicyclic amines) is 1. The van der Waals surface area contributed by atoms with Gasteiger partial charge in [-0.25, -0.2) is 4.79 Å². The standard InChI is InChI=1S/C43H71N15O9/c1-24(2)20-32(56-35(60)27(45)21-25-22-52-28-11-4-3-10-26(25)28)38(63)57-33(23-59)40(65)58-19-9-15-34(58)39(64)54-30(13-7-17-50-42(46)47)36(61)53-29(12-5-6-16-44)37(62)55-31(41(66)67)14-8-18-51-43(48)49/h3-4,10-11,22,24,27,29-34,52,59H,5-9,12-21,23,44-45H2,1-2H3,(H,53,61)(H,54,64)(H,55,62)(H,56,60)(H,57,63)(H,66,67)(H4,46,47,50)(H4,48,49,51)/t27-,29-,30-,31-,32-,33-,34-/m0/s1. The van der Waals surface area contributed by atoms with E-state index in [9.17, 15) is 43.8 Å². The number of nitrogens with zero attached hydrogens (tertiary/aromatic N) is 3. The van der Waals surface area contributed by atoms with Crippen LogP contribution in [0.25, 0.3) is 10.9 Å². The lowest BCUT2D eigenvalue weighted by atomic mass is 10.0. The number of carboxylic acid groups (broad SMARTS) is 1. The van der Waals surface area contributed by atoms with Crippen LogP contribution in [-0.2, 0) is 40.0 Å². The molecule has 372 valence electrons. The van der Waals surface area contributed by atoms with E-state index in [1.807, 2.05) is 38.1 Å². The molecule has 1 fully saturated rings. The Kier molecular flexibility index (Phi) is 22.8. The molecule has 2 heterocycles. The predicted octanol–water partition coefficient (Wildman–Crippen LogP) is -3.19. The first-order valence-electron chi connectivity index (χ1n) is 22.6. The molecule has 6 amide bonds. The minimum atomic E-state index is -1.50. The number of benzene rings is 1. The molecule has 0 radical (unpaired) electrons. The number of carboxylic acids is 1. The molecule has 0 saturated carbocycles. The summed E-state index contributed by atoms with van der Waals surface area (Å²) in [4.78, 5) is 107. The molecule has 2 aromatic rings. The second kappa shape index (κ2) is 27.8. The number of carbonyl (C=O) groups excluding carboxylic acids is 6. The number of aliphatic hydroxyl groups excluding tert-OH is 1. The van der Waals surface area contributed by atoms with Gasteiger partial charge in [0.1, 0.15) is 36.3 Å². The predicted molar refractivity (Wildman–Crippen MR) is 251 cm³/mol. The highest BCUT2D eigenvalue weighted by Gasteiger charge is 2.40. The normalized spacial score (nSPS) is 16.1. The van der Waals surface area contributed by atoms with Crippen LogP contribution in [0.5, 0.6) is 0 Å². The van der Waals surface area contributed by atoms with Crippen LogP contribution in [0.3, 0.4) is 0 Å². The minimum absolute atomic E-state index is 0.0148. The van der Waals surface area contributed by atoms with Crippen LogP contribution < -0.4 is 61.0 Å². The molecule has 0 unspecified atom stereocenters. The Labute approximate surface area is 389 Å². The number of amides is 6. The van der Waals surface area contributed by atoms with Crippen LogP contribution in [0.15, 0.2) is 40.4 Å². The highest BCUT2D eigenvalue weighted by Crippen LogP contribution is 2.21. The first-order valence-corrected chi connectivity index (χ1v) is 22.6. The van der Waals surface area contributed by atoms with Crippen molar-refractivity contribution in [3.63, 3.8) is 0 Å². The molecule has 1 aromatic carbocycles. The maximum atomic E-state index is 14.0. The number of hydrogen-bond acceptors (Lipinski definition) is 12. The summed E-state index contributed by atoms with van der Waals surface area (Å²) in [7, 11) is 0. The number of aliphatic imine (C=N–C) groups is 2. The number of aliphatic carboxylic acids is 1. The molecule has 1 saturated heterocycles. The van der Waals surface area contributed by atoms with Gasteiger partial charge in [0.2, 0.25) is 35.4 Å². The van der Waals surface area contributed by atoms with E-state index in [-0.39, 0.29) is 88.8 Å². The van der Waals surface area contributed by atoms with Crippen LogP contribution in [0, 0.1) is 5.92 Å². The number of H-pyrrole nitrogens is 1. The van der Waals surface area contributed by atoms with E-state index in [0.717, 1.165) is 16.5 Å². The Bertz CT molecular complexity index is 2040. The number of para-hydroxylation sites is 1. The molecule has 24 heteroatoms. The number of aromatic amines is 1. The number of hydrogen-bond donors (Lipinski definition) is 14. The Balaban J connectivity index is 1.75. The van der Waals surface area contributed by atoms with Gasteiger partial charge in [-0.2, -0.15) is 0 Å². The number of guanidine groups is 2. The van der Waals surface area contributed by atoms with Crippen molar-refractivity contribution >= 4 is 64.2 Å². The summed E-state index contributed by atoms with van der Waals surface area (Å²) in [5, 5.41) is 34.2. The molecule has 1 aromatic heterocycles. The summed E-state index contributed by atoms with van der Waals surface area (Å²) < 4.78 is 0. The van der Waals surface area contributed by atoms with Gasteiger partial charge in [-0.3, -0.25) is 38.8 Å². The monoisotopic (exact) mass is 942 g/mol. The number of unbranched alkanes of at least 4 members (excludes halogenated alkanes) is 1. The highest BCUT2D eigenvalue weighted by atomic mass is 16.4. The van der Waals surface area contributed by atoms with Gasteiger partial charge >= 0.3 is 5.97 Å². The van der Waals surface area contributed by atoms with E-state index in [0.29, 0.717) is 25.8 Å². The largest absolute Gasteiger partial charge is 0.480 e. The van der Waals surface area contributed by atoms with Gasteiger partial charge in [-0.1, -0.05) is 32.0 Å². The minimum Gasteiger partial charge on any atom is -0.480 e. The van der Waals surface area contributed by atoms with Gasteiger partial charge in [0.05, 0.1) is 12.6 Å². The number of rotatable bonds is 29. The van der Waals surface area contributed by atoms with E-state index >= 15 is 0 Å². The van der Waals surface area contributed by atoms with E-state index < -0.39 is 90.3 Å². The van der Waals surface area contributed by atoms with Crippen molar-refractivity contribution in [2.75, 3.05) is 32.8 Å². The summed E-state index contributed by atoms with van der Waals surface area (Å²) in [6.07, 6.45) is 4.06. The van der Waals surface area contributed by atoms with Crippen molar-refractivity contribution in [2.45, 2.75) is 127 Å². The average molecular weight is 942 g/mol. The zero-order chi connectivity index (χ0) is 49.6. The van der Waals surface area contributed by atoms with Crippen LogP contribution >= 0.6 is 0 Å². The van der Waals surface area contributed by atoms with Crippen LogP contribution in [-0.4, -0.2) is 149 Å². The first-order chi connectivity index (χ1) is 31.9. The van der Waals surface area contributed by atoms with Crippen molar-refractivity contribution < 1.29 is 43.8 Å². The first kappa shape index (κ1) is 54.8. The third-order valence-electron chi connectivity index (χ3n) is 11.1. The summed E-state index contributed by atoms with van der Waals surface area (Å²) in [5.41, 5.74) is 35.3. The van der Waals surface area contributed by atoms with E-state index in [4.69, 9.17) is 34.4 Å². The quantitative estimate of drug-likeness (QED) is 0.0217. The fraction of sp³-hybridized carbons (Fsp3) is 0.605. The van der Waals surface area contributed by atoms with E-state index in [1.54, 1.807) is 6.20 Å². The number of aliphatic hydroxyl groups is 1. The molecule has 3 rings (SSSR count). The van der Waals surface area contributed by atoms with E-state index in [2.05, 4.69) is 41.6 Å². The lowest BCUT2D eigenvalue weighted by molar-refractivity contribution is -0.143. The van der Waals surface area contributed by atoms with Crippen LogP contribution in [0.4, 0.5) is 0 Å². The molecular formula is C43H71N15O9. The third-order valence-corrected chi connectivity index (χ3v) is 11.1. The number of carbonyl (C=O) groups is 7. The number of aromatic nitrogens is 1. The molecule has 24 nitrogen and oxygen atoms in total. The van der Waals surface area contributed by atoms with Crippen molar-refractivity contribution in [3.05, 3.63) is 36.0 Å². The molecule has 67 heavy (non-hydrogen) atoms. The second-order valence-corrected chi connectivity index (χ2v) is 17.0. The summed E-state index contributed by atoms with van der Waals surface area (Å²) in [6.45, 7) is 3.45. The van der Waals surface area contributed by atoms with Crippen LogP contribution in [0.1, 0.15) is 83.6 Å². The molecule has 1 aliphatic heterocycles.